The third kappa shape index (κ3) is 4.34. The molecule has 110 valence electrons. The maximum absolute atomic E-state index is 13.5. The van der Waals surface area contributed by atoms with E-state index in [9.17, 15) is 13.6 Å². The van der Waals surface area contributed by atoms with Crippen LogP contribution in [0.5, 0.6) is 0 Å². The summed E-state index contributed by atoms with van der Waals surface area (Å²) in [6.07, 6.45) is 4.30. The van der Waals surface area contributed by atoms with Crippen molar-refractivity contribution >= 4 is 5.91 Å². The fourth-order valence-corrected chi connectivity index (χ4v) is 1.98. The van der Waals surface area contributed by atoms with Crippen LogP contribution in [0, 0.1) is 11.6 Å². The van der Waals surface area contributed by atoms with E-state index in [2.05, 4.69) is 4.98 Å². The molecule has 21 heavy (non-hydrogen) atoms. The molecule has 0 unspecified atom stereocenters. The molecule has 0 aliphatic rings. The molecular weight excluding hydrogens is 274 g/mol. The molecule has 0 aliphatic carbocycles. The van der Waals surface area contributed by atoms with E-state index in [0.29, 0.717) is 18.4 Å². The Bertz CT molecular complexity index is 617. The first-order valence-corrected chi connectivity index (χ1v) is 6.63. The summed E-state index contributed by atoms with van der Waals surface area (Å²) in [5.74, 6) is -1.36. The number of hydrogen-bond donors (Lipinski definition) is 0. The van der Waals surface area contributed by atoms with Gasteiger partial charge >= 0.3 is 0 Å². The number of benzene rings is 1. The van der Waals surface area contributed by atoms with Gasteiger partial charge in [-0.15, -0.1) is 0 Å². The van der Waals surface area contributed by atoms with Crippen molar-refractivity contribution < 1.29 is 13.6 Å². The largest absolute Gasteiger partial charge is 0.341 e. The van der Waals surface area contributed by atoms with Crippen LogP contribution in [-0.4, -0.2) is 22.8 Å². The zero-order valence-electron chi connectivity index (χ0n) is 11.7. The van der Waals surface area contributed by atoms with Crippen molar-refractivity contribution in [3.05, 3.63) is 65.5 Å². The minimum Gasteiger partial charge on any atom is -0.341 e. The van der Waals surface area contributed by atoms with Crippen LogP contribution in [0.25, 0.3) is 0 Å². The third-order valence-corrected chi connectivity index (χ3v) is 3.20. The lowest BCUT2D eigenvalue weighted by atomic mass is 10.1. The predicted octanol–water partition coefficient (Wildman–Crippen LogP) is 2.95. The number of hydrogen-bond acceptors (Lipinski definition) is 2. The van der Waals surface area contributed by atoms with Gasteiger partial charge in [-0.2, -0.15) is 0 Å². The van der Waals surface area contributed by atoms with E-state index >= 15 is 0 Å². The summed E-state index contributed by atoms with van der Waals surface area (Å²) in [6.45, 7) is 0.123. The first-order valence-electron chi connectivity index (χ1n) is 6.63. The molecule has 2 rings (SSSR count). The molecule has 0 spiro atoms. The maximum atomic E-state index is 13.5. The van der Waals surface area contributed by atoms with Crippen LogP contribution in [0.3, 0.4) is 0 Å². The molecule has 0 saturated heterocycles. The van der Waals surface area contributed by atoms with Gasteiger partial charge in [-0.05, 0) is 24.1 Å². The molecule has 0 atom stereocenters. The average molecular weight is 290 g/mol. The quantitative estimate of drug-likeness (QED) is 0.848. The van der Waals surface area contributed by atoms with Crippen LogP contribution in [0.1, 0.15) is 17.5 Å². The number of rotatable bonds is 5. The number of aromatic nitrogens is 1. The van der Waals surface area contributed by atoms with E-state index < -0.39 is 11.6 Å². The first-order chi connectivity index (χ1) is 10.1. The van der Waals surface area contributed by atoms with Gasteiger partial charge in [0, 0.05) is 44.0 Å². The second-order valence-electron chi connectivity index (χ2n) is 4.85. The number of halogens is 2. The van der Waals surface area contributed by atoms with Gasteiger partial charge in [-0.3, -0.25) is 9.78 Å². The molecule has 0 bridgehead atoms. The van der Waals surface area contributed by atoms with Gasteiger partial charge in [0.25, 0.3) is 0 Å². The van der Waals surface area contributed by atoms with Gasteiger partial charge < -0.3 is 4.90 Å². The minimum absolute atomic E-state index is 0.0948. The van der Waals surface area contributed by atoms with Crippen LogP contribution in [0.15, 0.2) is 42.7 Å². The number of carbonyl (C=O) groups is 1. The molecule has 1 amide bonds. The Morgan fingerprint density at radius 1 is 1.29 bits per heavy atom. The summed E-state index contributed by atoms with van der Waals surface area (Å²) in [5, 5.41) is 0. The van der Waals surface area contributed by atoms with E-state index in [1.165, 1.54) is 17.0 Å². The summed E-state index contributed by atoms with van der Waals surface area (Å²) >= 11 is 0. The van der Waals surface area contributed by atoms with E-state index in [1.807, 2.05) is 12.1 Å². The molecule has 3 nitrogen and oxygen atoms in total. The monoisotopic (exact) mass is 290 g/mol. The fraction of sp³-hybridized carbons (Fsp3) is 0.250. The first kappa shape index (κ1) is 15.1. The highest BCUT2D eigenvalue weighted by molar-refractivity contribution is 5.76. The summed E-state index contributed by atoms with van der Waals surface area (Å²) in [7, 11) is 1.61. The molecular formula is C16H16F2N2O. The zero-order chi connectivity index (χ0) is 15.2. The van der Waals surface area contributed by atoms with E-state index in [-0.39, 0.29) is 12.5 Å². The van der Waals surface area contributed by atoms with Crippen LogP contribution < -0.4 is 0 Å². The molecule has 0 N–H and O–H groups in total. The van der Waals surface area contributed by atoms with Crippen molar-refractivity contribution in [3.63, 3.8) is 0 Å². The second kappa shape index (κ2) is 6.92. The number of carbonyl (C=O) groups excluding carboxylic acids is 1. The van der Waals surface area contributed by atoms with Crippen molar-refractivity contribution in [1.29, 1.82) is 0 Å². The van der Waals surface area contributed by atoms with Gasteiger partial charge in [-0.25, -0.2) is 8.78 Å². The van der Waals surface area contributed by atoms with E-state index in [1.54, 1.807) is 19.4 Å². The summed E-state index contributed by atoms with van der Waals surface area (Å²) in [5.41, 5.74) is 1.28. The van der Waals surface area contributed by atoms with Gasteiger partial charge in [-0.1, -0.05) is 12.1 Å². The number of nitrogens with zero attached hydrogens (tertiary/aromatic N) is 2. The average Bonchev–Trinajstić information content (AvgIpc) is 2.48. The number of amides is 1. The topological polar surface area (TPSA) is 33.2 Å². The summed E-state index contributed by atoms with van der Waals surface area (Å²) in [6, 6.07) is 7.09. The molecule has 0 aliphatic heterocycles. The Labute approximate surface area is 122 Å². The van der Waals surface area contributed by atoms with Crippen LogP contribution in [-0.2, 0) is 17.8 Å². The Morgan fingerprint density at radius 3 is 2.76 bits per heavy atom. The normalized spacial score (nSPS) is 10.4. The van der Waals surface area contributed by atoms with Gasteiger partial charge in [0.2, 0.25) is 5.91 Å². The minimum atomic E-state index is -0.637. The predicted molar refractivity (Wildman–Crippen MR) is 75.4 cm³/mol. The molecule has 2 aromatic rings. The Balaban J connectivity index is 1.90. The molecule has 1 aromatic carbocycles. The van der Waals surface area contributed by atoms with Gasteiger partial charge in [0.05, 0.1) is 0 Å². The maximum Gasteiger partial charge on any atom is 0.222 e. The number of pyridine rings is 1. The van der Waals surface area contributed by atoms with Crippen molar-refractivity contribution in [3.8, 4) is 0 Å². The molecule has 1 heterocycles. The molecule has 0 fully saturated rings. The molecule has 0 radical (unpaired) electrons. The van der Waals surface area contributed by atoms with Crippen molar-refractivity contribution in [2.24, 2.45) is 0 Å². The van der Waals surface area contributed by atoms with Gasteiger partial charge in [0.1, 0.15) is 11.6 Å². The highest BCUT2D eigenvalue weighted by atomic mass is 19.1. The number of aryl methyl sites for hydroxylation is 1. The SMILES string of the molecule is CN(Cc1ccc(F)cc1F)C(=O)CCc1cccnc1. The summed E-state index contributed by atoms with van der Waals surface area (Å²) in [4.78, 5) is 17.4. The molecule has 0 saturated carbocycles. The molecule has 5 heteroatoms. The lowest BCUT2D eigenvalue weighted by Gasteiger charge is -2.17. The standard InChI is InChI=1S/C16H16F2N2O/c1-20(11-13-5-6-14(17)9-15(13)18)16(21)7-4-12-3-2-8-19-10-12/h2-3,5-6,8-10H,4,7,11H2,1H3. The second-order valence-corrected chi connectivity index (χ2v) is 4.85. The third-order valence-electron chi connectivity index (χ3n) is 3.20. The Hall–Kier alpha value is -2.30. The highest BCUT2D eigenvalue weighted by Gasteiger charge is 2.12. The summed E-state index contributed by atoms with van der Waals surface area (Å²) < 4.78 is 26.4. The smallest absolute Gasteiger partial charge is 0.222 e. The molecule has 1 aromatic heterocycles. The lowest BCUT2D eigenvalue weighted by Crippen LogP contribution is -2.26. The van der Waals surface area contributed by atoms with Crippen LogP contribution in [0.2, 0.25) is 0 Å². The van der Waals surface area contributed by atoms with Gasteiger partial charge in [0.15, 0.2) is 0 Å². The zero-order valence-corrected chi connectivity index (χ0v) is 11.7. The van der Waals surface area contributed by atoms with Crippen molar-refractivity contribution in [2.45, 2.75) is 19.4 Å². The van der Waals surface area contributed by atoms with Crippen LogP contribution in [0.4, 0.5) is 8.78 Å². The van der Waals surface area contributed by atoms with Crippen molar-refractivity contribution in [1.82, 2.24) is 9.88 Å². The van der Waals surface area contributed by atoms with Crippen molar-refractivity contribution in [2.75, 3.05) is 7.05 Å². The van der Waals surface area contributed by atoms with E-state index in [4.69, 9.17) is 0 Å². The Kier molecular flexibility index (Phi) is 4.98. The fourth-order valence-electron chi connectivity index (χ4n) is 1.98. The van der Waals surface area contributed by atoms with E-state index in [0.717, 1.165) is 11.6 Å². The lowest BCUT2D eigenvalue weighted by molar-refractivity contribution is -0.130. The Morgan fingerprint density at radius 2 is 2.10 bits per heavy atom. The highest BCUT2D eigenvalue weighted by Crippen LogP contribution is 2.12. The van der Waals surface area contributed by atoms with Crippen LogP contribution >= 0.6 is 0 Å².